The summed E-state index contributed by atoms with van der Waals surface area (Å²) < 4.78 is 0. The molecule has 2 rings (SSSR count). The summed E-state index contributed by atoms with van der Waals surface area (Å²) in [7, 11) is 1.63. The van der Waals surface area contributed by atoms with Crippen LogP contribution in [0.4, 0.5) is 0 Å². The second-order valence-corrected chi connectivity index (χ2v) is 4.75. The molecule has 3 N–H and O–H groups in total. The third-order valence-electron chi connectivity index (χ3n) is 3.72. The Morgan fingerprint density at radius 2 is 2.22 bits per heavy atom. The third-order valence-corrected chi connectivity index (χ3v) is 3.72. The lowest BCUT2D eigenvalue weighted by molar-refractivity contribution is -0.120. The Bertz CT molecular complexity index is 434. The molecule has 1 aliphatic carbocycles. The molecule has 0 saturated heterocycles. The first-order valence-corrected chi connectivity index (χ1v) is 6.37. The first kappa shape index (κ1) is 13.1. The van der Waals surface area contributed by atoms with E-state index in [4.69, 9.17) is 0 Å². The van der Waals surface area contributed by atoms with Gasteiger partial charge in [-0.05, 0) is 24.0 Å². The Morgan fingerprint density at radius 1 is 1.44 bits per heavy atom. The number of amides is 1. The number of carbonyl (C=O) groups is 1. The van der Waals surface area contributed by atoms with E-state index in [1.54, 1.807) is 7.05 Å². The van der Waals surface area contributed by atoms with Crippen molar-refractivity contribution >= 4 is 5.91 Å². The van der Waals surface area contributed by atoms with Gasteiger partial charge in [0.1, 0.15) is 0 Å². The van der Waals surface area contributed by atoms with Gasteiger partial charge >= 0.3 is 0 Å². The van der Waals surface area contributed by atoms with Crippen LogP contribution in [0, 0.1) is 0 Å². The van der Waals surface area contributed by atoms with Crippen LogP contribution >= 0.6 is 0 Å². The molecular weight excluding hydrogens is 228 g/mol. The highest BCUT2D eigenvalue weighted by molar-refractivity contribution is 5.75. The summed E-state index contributed by atoms with van der Waals surface area (Å²) in [4.78, 5) is 11.2. The van der Waals surface area contributed by atoms with Crippen molar-refractivity contribution in [2.24, 2.45) is 0 Å². The molecule has 4 heteroatoms. The number of hydrogen-bond donors (Lipinski definition) is 3. The van der Waals surface area contributed by atoms with Gasteiger partial charge in [-0.2, -0.15) is 0 Å². The fourth-order valence-electron chi connectivity index (χ4n) is 2.63. The van der Waals surface area contributed by atoms with Gasteiger partial charge in [0.25, 0.3) is 0 Å². The Kier molecular flexibility index (Phi) is 3.99. The second kappa shape index (κ2) is 5.50. The summed E-state index contributed by atoms with van der Waals surface area (Å²) in [5.74, 6) is 0.0156. The molecule has 1 unspecified atom stereocenters. The molecule has 1 atom stereocenters. The first-order valence-electron chi connectivity index (χ1n) is 6.37. The van der Waals surface area contributed by atoms with E-state index in [1.165, 1.54) is 11.1 Å². The lowest BCUT2D eigenvalue weighted by Crippen LogP contribution is -2.45. The Balaban J connectivity index is 2.06. The number of fused-ring (bicyclic) bond motifs is 1. The zero-order valence-electron chi connectivity index (χ0n) is 10.7. The van der Waals surface area contributed by atoms with Gasteiger partial charge < -0.3 is 15.7 Å². The van der Waals surface area contributed by atoms with Crippen molar-refractivity contribution < 1.29 is 9.90 Å². The molecule has 0 aliphatic heterocycles. The average Bonchev–Trinajstić information content (AvgIpc) is 2.78. The molecule has 0 bridgehead atoms. The summed E-state index contributed by atoms with van der Waals surface area (Å²) >= 11 is 0. The normalized spacial score (nSPS) is 21.7. The predicted molar refractivity (Wildman–Crippen MR) is 70.2 cm³/mol. The van der Waals surface area contributed by atoms with E-state index < -0.39 is 0 Å². The van der Waals surface area contributed by atoms with Crippen LogP contribution in [-0.4, -0.2) is 31.2 Å². The molecule has 0 spiro atoms. The Morgan fingerprint density at radius 3 is 2.94 bits per heavy atom. The molecule has 1 aromatic rings. The van der Waals surface area contributed by atoms with Gasteiger partial charge in [-0.1, -0.05) is 24.3 Å². The molecule has 0 aromatic heterocycles. The predicted octanol–water partition coefficient (Wildman–Crippen LogP) is 0.546. The number of benzene rings is 1. The fraction of sp³-hybridized carbons (Fsp3) is 0.500. The highest BCUT2D eigenvalue weighted by Gasteiger charge is 2.37. The molecular formula is C14H20N2O2. The topological polar surface area (TPSA) is 61.4 Å². The molecule has 1 aliphatic rings. The van der Waals surface area contributed by atoms with E-state index in [0.717, 1.165) is 12.8 Å². The molecule has 1 aromatic carbocycles. The van der Waals surface area contributed by atoms with Crippen LogP contribution in [-0.2, 0) is 16.8 Å². The van der Waals surface area contributed by atoms with Gasteiger partial charge in [-0.25, -0.2) is 0 Å². The molecule has 0 heterocycles. The van der Waals surface area contributed by atoms with Crippen LogP contribution in [0.2, 0.25) is 0 Å². The molecule has 0 radical (unpaired) electrons. The van der Waals surface area contributed by atoms with Gasteiger partial charge in [0.2, 0.25) is 5.91 Å². The molecule has 0 saturated carbocycles. The van der Waals surface area contributed by atoms with Crippen LogP contribution in [0.5, 0.6) is 0 Å². The van der Waals surface area contributed by atoms with Crippen LogP contribution in [0.25, 0.3) is 0 Å². The van der Waals surface area contributed by atoms with Gasteiger partial charge in [-0.3, -0.25) is 4.79 Å². The van der Waals surface area contributed by atoms with Gasteiger partial charge in [-0.15, -0.1) is 0 Å². The zero-order chi connectivity index (χ0) is 13.0. The number of aliphatic hydroxyl groups is 1. The van der Waals surface area contributed by atoms with Gasteiger partial charge in [0.05, 0.1) is 12.1 Å². The molecule has 98 valence electrons. The van der Waals surface area contributed by atoms with E-state index in [2.05, 4.69) is 22.8 Å². The summed E-state index contributed by atoms with van der Waals surface area (Å²) in [6, 6.07) is 8.18. The highest BCUT2D eigenvalue weighted by Crippen LogP contribution is 2.36. The van der Waals surface area contributed by atoms with Gasteiger partial charge in [0.15, 0.2) is 0 Å². The van der Waals surface area contributed by atoms with E-state index in [1.807, 2.05) is 12.1 Å². The Labute approximate surface area is 107 Å². The van der Waals surface area contributed by atoms with Crippen molar-refractivity contribution in [3.8, 4) is 0 Å². The van der Waals surface area contributed by atoms with E-state index in [-0.39, 0.29) is 18.1 Å². The fourth-order valence-corrected chi connectivity index (χ4v) is 2.63. The Hall–Kier alpha value is -1.39. The maximum absolute atomic E-state index is 11.2. The largest absolute Gasteiger partial charge is 0.394 e. The van der Waals surface area contributed by atoms with E-state index >= 15 is 0 Å². The van der Waals surface area contributed by atoms with Crippen molar-refractivity contribution in [2.75, 3.05) is 20.2 Å². The lowest BCUT2D eigenvalue weighted by Gasteiger charge is -2.29. The minimum atomic E-state index is -0.370. The number of hydrogen-bond acceptors (Lipinski definition) is 3. The van der Waals surface area contributed by atoms with E-state index in [9.17, 15) is 9.90 Å². The number of rotatable bonds is 5. The zero-order valence-corrected chi connectivity index (χ0v) is 10.7. The van der Waals surface area contributed by atoms with Crippen LogP contribution < -0.4 is 10.6 Å². The summed E-state index contributed by atoms with van der Waals surface area (Å²) in [6.07, 6.45) is 2.29. The molecule has 18 heavy (non-hydrogen) atoms. The molecule has 4 nitrogen and oxygen atoms in total. The first-order chi connectivity index (χ1) is 8.72. The molecule has 1 amide bonds. The lowest BCUT2D eigenvalue weighted by atomic mass is 9.92. The average molecular weight is 248 g/mol. The minimum Gasteiger partial charge on any atom is -0.394 e. The maximum atomic E-state index is 11.2. The number of aliphatic hydroxyl groups excluding tert-OH is 1. The van der Waals surface area contributed by atoms with Crippen LogP contribution in [0.15, 0.2) is 24.3 Å². The van der Waals surface area contributed by atoms with Crippen LogP contribution in [0.1, 0.15) is 24.0 Å². The summed E-state index contributed by atoms with van der Waals surface area (Å²) in [6.45, 7) is 0.645. The molecule has 0 fully saturated rings. The summed E-state index contributed by atoms with van der Waals surface area (Å²) in [5, 5.41) is 15.7. The quantitative estimate of drug-likeness (QED) is 0.713. The maximum Gasteiger partial charge on any atom is 0.221 e. The van der Waals surface area contributed by atoms with Crippen molar-refractivity contribution in [1.29, 1.82) is 0 Å². The highest BCUT2D eigenvalue weighted by atomic mass is 16.3. The standard InChI is InChI=1S/C14H20N2O2/c1-15-13(18)7-9-16-14(10-17)8-6-11-4-2-3-5-12(11)14/h2-5,16-17H,6-10H2,1H3,(H,15,18). The monoisotopic (exact) mass is 248 g/mol. The summed E-state index contributed by atoms with van der Waals surface area (Å²) in [5.41, 5.74) is 2.09. The van der Waals surface area contributed by atoms with Crippen molar-refractivity contribution in [2.45, 2.75) is 24.8 Å². The number of carbonyl (C=O) groups excluding carboxylic acids is 1. The third kappa shape index (κ3) is 2.40. The minimum absolute atomic E-state index is 0.0156. The van der Waals surface area contributed by atoms with Crippen LogP contribution in [0.3, 0.4) is 0 Å². The van der Waals surface area contributed by atoms with Crippen molar-refractivity contribution in [1.82, 2.24) is 10.6 Å². The van der Waals surface area contributed by atoms with E-state index in [0.29, 0.717) is 13.0 Å². The number of nitrogens with one attached hydrogen (secondary N) is 2. The van der Waals surface area contributed by atoms with Crippen molar-refractivity contribution in [3.05, 3.63) is 35.4 Å². The second-order valence-electron chi connectivity index (χ2n) is 4.75. The van der Waals surface area contributed by atoms with Gasteiger partial charge in [0, 0.05) is 20.0 Å². The SMILES string of the molecule is CNC(=O)CCNC1(CO)CCc2ccccc21. The smallest absolute Gasteiger partial charge is 0.221 e. The van der Waals surface area contributed by atoms with Crippen molar-refractivity contribution in [3.63, 3.8) is 0 Å². The number of aryl methyl sites for hydroxylation is 1.